The molecular formula is C24H22N2O4. The van der Waals surface area contributed by atoms with Gasteiger partial charge in [-0.15, -0.1) is 0 Å². The normalized spacial score (nSPS) is 10.8. The number of oxazole rings is 1. The van der Waals surface area contributed by atoms with Gasteiger partial charge in [0, 0.05) is 5.56 Å². The number of hydrogen-bond acceptors (Lipinski definition) is 5. The molecule has 0 unspecified atom stereocenters. The second-order valence-corrected chi connectivity index (χ2v) is 6.99. The van der Waals surface area contributed by atoms with Crippen LogP contribution in [-0.2, 0) is 0 Å². The first-order valence-electron chi connectivity index (χ1n) is 9.50. The number of aryl methyl sites for hydroxylation is 2. The maximum absolute atomic E-state index is 12.8. The van der Waals surface area contributed by atoms with Crippen LogP contribution < -0.4 is 14.8 Å². The number of methoxy groups -OCH3 is 2. The fraction of sp³-hybridized carbons (Fsp3) is 0.167. The first-order valence-corrected chi connectivity index (χ1v) is 9.50. The first-order chi connectivity index (χ1) is 14.5. The Balaban J connectivity index is 1.71. The summed E-state index contributed by atoms with van der Waals surface area (Å²) in [5.41, 5.74) is 5.50. The third-order valence-corrected chi connectivity index (χ3v) is 5.05. The Labute approximate surface area is 174 Å². The number of amides is 1. The smallest absolute Gasteiger partial charge is 0.259 e. The van der Waals surface area contributed by atoms with E-state index in [0.29, 0.717) is 28.6 Å². The SMILES string of the molecule is COc1ccc(-c2nc3cc(C)c(C)cc3o2)cc1NC(=O)c1ccccc1OC. The lowest BCUT2D eigenvalue weighted by molar-refractivity contribution is 0.102. The summed E-state index contributed by atoms with van der Waals surface area (Å²) in [4.78, 5) is 17.4. The summed E-state index contributed by atoms with van der Waals surface area (Å²) in [6.45, 7) is 4.08. The number of fused-ring (bicyclic) bond motifs is 1. The number of carbonyl (C=O) groups excluding carboxylic acids is 1. The van der Waals surface area contributed by atoms with Gasteiger partial charge in [0.2, 0.25) is 5.89 Å². The van der Waals surface area contributed by atoms with Crippen LogP contribution in [0.5, 0.6) is 11.5 Å². The zero-order valence-electron chi connectivity index (χ0n) is 17.3. The lowest BCUT2D eigenvalue weighted by Crippen LogP contribution is -2.13. The summed E-state index contributed by atoms with van der Waals surface area (Å²) in [7, 11) is 3.09. The van der Waals surface area contributed by atoms with Gasteiger partial charge in [-0.3, -0.25) is 4.79 Å². The third-order valence-electron chi connectivity index (χ3n) is 5.05. The minimum atomic E-state index is -0.299. The van der Waals surface area contributed by atoms with Gasteiger partial charge >= 0.3 is 0 Å². The van der Waals surface area contributed by atoms with Crippen molar-refractivity contribution in [2.75, 3.05) is 19.5 Å². The van der Waals surface area contributed by atoms with E-state index in [0.717, 1.165) is 27.8 Å². The molecule has 0 aliphatic rings. The van der Waals surface area contributed by atoms with Crippen LogP contribution in [0, 0.1) is 13.8 Å². The van der Waals surface area contributed by atoms with Crippen LogP contribution in [0.2, 0.25) is 0 Å². The van der Waals surface area contributed by atoms with Crippen LogP contribution >= 0.6 is 0 Å². The molecule has 0 aliphatic carbocycles. The van der Waals surface area contributed by atoms with Crippen molar-refractivity contribution in [2.24, 2.45) is 0 Å². The molecule has 6 heteroatoms. The number of carbonyl (C=O) groups is 1. The Kier molecular flexibility index (Phi) is 5.14. The highest BCUT2D eigenvalue weighted by Crippen LogP contribution is 2.33. The van der Waals surface area contributed by atoms with E-state index in [4.69, 9.17) is 13.9 Å². The van der Waals surface area contributed by atoms with Gasteiger partial charge in [0.1, 0.15) is 17.0 Å². The standard InChI is InChI=1S/C24H22N2O4/c1-14-11-18-22(12-15(14)2)30-24(26-18)16-9-10-21(29-4)19(13-16)25-23(27)17-7-5-6-8-20(17)28-3/h5-13H,1-4H3,(H,25,27). The highest BCUT2D eigenvalue weighted by Gasteiger charge is 2.16. The van der Waals surface area contributed by atoms with Crippen molar-refractivity contribution in [3.05, 3.63) is 71.3 Å². The molecule has 0 saturated heterocycles. The topological polar surface area (TPSA) is 73.6 Å². The Hall–Kier alpha value is -3.80. The lowest BCUT2D eigenvalue weighted by atomic mass is 10.1. The van der Waals surface area contributed by atoms with E-state index in [-0.39, 0.29) is 5.91 Å². The van der Waals surface area contributed by atoms with E-state index in [1.807, 2.05) is 38.1 Å². The molecule has 0 atom stereocenters. The van der Waals surface area contributed by atoms with Crippen molar-refractivity contribution in [3.63, 3.8) is 0 Å². The van der Waals surface area contributed by atoms with Crippen molar-refractivity contribution in [3.8, 4) is 23.0 Å². The van der Waals surface area contributed by atoms with E-state index < -0.39 is 0 Å². The Morgan fingerprint density at radius 2 is 1.67 bits per heavy atom. The molecule has 1 amide bonds. The van der Waals surface area contributed by atoms with Crippen LogP contribution in [0.3, 0.4) is 0 Å². The average Bonchev–Trinajstić information content (AvgIpc) is 3.16. The van der Waals surface area contributed by atoms with Crippen LogP contribution in [0.1, 0.15) is 21.5 Å². The summed E-state index contributed by atoms with van der Waals surface area (Å²) in [5.74, 6) is 1.21. The van der Waals surface area contributed by atoms with Gasteiger partial charge in [-0.05, 0) is 67.4 Å². The van der Waals surface area contributed by atoms with E-state index >= 15 is 0 Å². The molecule has 1 aromatic heterocycles. The number of nitrogens with zero attached hydrogens (tertiary/aromatic N) is 1. The van der Waals surface area contributed by atoms with Crippen molar-refractivity contribution >= 4 is 22.7 Å². The van der Waals surface area contributed by atoms with Crippen molar-refractivity contribution in [2.45, 2.75) is 13.8 Å². The van der Waals surface area contributed by atoms with Gasteiger partial charge in [-0.25, -0.2) is 4.98 Å². The minimum absolute atomic E-state index is 0.299. The molecule has 4 rings (SSSR count). The van der Waals surface area contributed by atoms with Crippen molar-refractivity contribution < 1.29 is 18.7 Å². The summed E-state index contributed by atoms with van der Waals surface area (Å²) in [6.07, 6.45) is 0. The van der Waals surface area contributed by atoms with Gasteiger partial charge in [-0.1, -0.05) is 12.1 Å². The van der Waals surface area contributed by atoms with Crippen LogP contribution in [0.15, 0.2) is 59.0 Å². The molecule has 0 radical (unpaired) electrons. The first kappa shape index (κ1) is 19.5. The fourth-order valence-electron chi connectivity index (χ4n) is 3.26. The third kappa shape index (κ3) is 3.59. The average molecular weight is 402 g/mol. The number of nitrogens with one attached hydrogen (secondary N) is 1. The second kappa shape index (κ2) is 7.91. The maximum atomic E-state index is 12.8. The van der Waals surface area contributed by atoms with Gasteiger partial charge < -0.3 is 19.2 Å². The van der Waals surface area contributed by atoms with Crippen molar-refractivity contribution in [1.29, 1.82) is 0 Å². The maximum Gasteiger partial charge on any atom is 0.259 e. The Morgan fingerprint density at radius 1 is 0.933 bits per heavy atom. The largest absolute Gasteiger partial charge is 0.496 e. The zero-order valence-corrected chi connectivity index (χ0v) is 17.3. The van der Waals surface area contributed by atoms with E-state index in [1.165, 1.54) is 7.11 Å². The number of ether oxygens (including phenoxy) is 2. The molecule has 0 spiro atoms. The Morgan fingerprint density at radius 3 is 2.43 bits per heavy atom. The van der Waals surface area contributed by atoms with Gasteiger partial charge in [-0.2, -0.15) is 0 Å². The molecular weight excluding hydrogens is 380 g/mol. The number of anilines is 1. The molecule has 30 heavy (non-hydrogen) atoms. The number of para-hydroxylation sites is 1. The monoisotopic (exact) mass is 402 g/mol. The van der Waals surface area contributed by atoms with Crippen molar-refractivity contribution in [1.82, 2.24) is 4.98 Å². The molecule has 0 fully saturated rings. The Bertz CT molecular complexity index is 1200. The minimum Gasteiger partial charge on any atom is -0.496 e. The number of hydrogen-bond donors (Lipinski definition) is 1. The quantitative estimate of drug-likeness (QED) is 0.485. The molecule has 0 bridgehead atoms. The number of benzene rings is 3. The van der Waals surface area contributed by atoms with E-state index in [2.05, 4.69) is 10.3 Å². The number of aromatic nitrogens is 1. The molecule has 0 aliphatic heterocycles. The van der Waals surface area contributed by atoms with Crippen LogP contribution in [0.4, 0.5) is 5.69 Å². The summed E-state index contributed by atoms with van der Waals surface area (Å²) < 4.78 is 16.7. The summed E-state index contributed by atoms with van der Waals surface area (Å²) in [5, 5.41) is 2.90. The molecule has 1 N–H and O–H groups in total. The van der Waals surface area contributed by atoms with Crippen LogP contribution in [0.25, 0.3) is 22.6 Å². The highest BCUT2D eigenvalue weighted by molar-refractivity contribution is 6.07. The molecule has 6 nitrogen and oxygen atoms in total. The van der Waals surface area contributed by atoms with Gasteiger partial charge in [0.25, 0.3) is 5.91 Å². The summed E-state index contributed by atoms with van der Waals surface area (Å²) >= 11 is 0. The van der Waals surface area contributed by atoms with Crippen LogP contribution in [-0.4, -0.2) is 25.1 Å². The fourth-order valence-corrected chi connectivity index (χ4v) is 3.26. The van der Waals surface area contributed by atoms with Gasteiger partial charge in [0.15, 0.2) is 5.58 Å². The molecule has 1 heterocycles. The molecule has 4 aromatic rings. The number of rotatable bonds is 5. The van der Waals surface area contributed by atoms with E-state index in [1.54, 1.807) is 37.4 Å². The molecule has 152 valence electrons. The predicted octanol–water partition coefficient (Wildman–Crippen LogP) is 5.38. The summed E-state index contributed by atoms with van der Waals surface area (Å²) in [6, 6.07) is 16.4. The van der Waals surface area contributed by atoms with Gasteiger partial charge in [0.05, 0.1) is 25.5 Å². The second-order valence-electron chi connectivity index (χ2n) is 6.99. The highest BCUT2D eigenvalue weighted by atomic mass is 16.5. The van der Waals surface area contributed by atoms with E-state index in [9.17, 15) is 4.79 Å². The lowest BCUT2D eigenvalue weighted by Gasteiger charge is -2.13. The molecule has 3 aromatic carbocycles. The molecule has 0 saturated carbocycles. The predicted molar refractivity (Wildman–Crippen MR) is 116 cm³/mol. The zero-order chi connectivity index (χ0) is 21.3.